The van der Waals surface area contributed by atoms with Crippen LogP contribution in [0, 0.1) is 35.9 Å². The molecular formula is C27H25ClFN7O2. The summed E-state index contributed by atoms with van der Waals surface area (Å²) >= 11 is 6.10. The normalized spacial score (nSPS) is 24.4. The molecule has 0 bridgehead atoms. The molecule has 6 rings (SSSR count). The number of aromatic nitrogens is 4. The van der Waals surface area contributed by atoms with Crippen LogP contribution in [0.5, 0.6) is 0 Å². The molecule has 2 aromatic heterocycles. The van der Waals surface area contributed by atoms with Crippen molar-refractivity contribution in [1.82, 2.24) is 25.3 Å². The molecule has 1 saturated heterocycles. The zero-order valence-electron chi connectivity index (χ0n) is 20.9. The van der Waals surface area contributed by atoms with Crippen molar-refractivity contribution in [2.24, 2.45) is 11.8 Å². The molecule has 194 valence electrons. The molecule has 1 unspecified atom stereocenters. The van der Waals surface area contributed by atoms with E-state index in [1.165, 1.54) is 15.8 Å². The Morgan fingerprint density at radius 3 is 2.82 bits per heavy atom. The molecule has 2 amide bonds. The van der Waals surface area contributed by atoms with Crippen molar-refractivity contribution < 1.29 is 14.0 Å². The van der Waals surface area contributed by atoms with E-state index in [1.54, 1.807) is 25.3 Å². The van der Waals surface area contributed by atoms with E-state index in [0.29, 0.717) is 47.0 Å². The first-order valence-electron chi connectivity index (χ1n) is 12.6. The summed E-state index contributed by atoms with van der Waals surface area (Å²) < 4.78 is 16.8. The second-order valence-electron chi connectivity index (χ2n) is 10.5. The average Bonchev–Trinajstić information content (AvgIpc) is 3.33. The van der Waals surface area contributed by atoms with Crippen LogP contribution in [0.1, 0.15) is 70.9 Å². The zero-order valence-corrected chi connectivity index (χ0v) is 21.6. The molecule has 3 aliphatic rings. The smallest absolute Gasteiger partial charge is 0.273 e. The van der Waals surface area contributed by atoms with Crippen LogP contribution in [0.15, 0.2) is 30.6 Å². The van der Waals surface area contributed by atoms with E-state index in [0.717, 1.165) is 12.0 Å². The second kappa shape index (κ2) is 9.17. The quantitative estimate of drug-likeness (QED) is 0.513. The van der Waals surface area contributed by atoms with Crippen molar-refractivity contribution in [1.29, 1.82) is 5.26 Å². The highest BCUT2D eigenvalue weighted by Crippen LogP contribution is 2.47. The number of anilines is 1. The van der Waals surface area contributed by atoms with Crippen LogP contribution >= 0.6 is 11.6 Å². The minimum absolute atomic E-state index is 0.0208. The fourth-order valence-corrected chi connectivity index (χ4v) is 5.77. The van der Waals surface area contributed by atoms with Crippen LogP contribution in [0.3, 0.4) is 0 Å². The molecule has 2 saturated carbocycles. The Balaban J connectivity index is 1.11. The Bertz CT molecular complexity index is 1510. The first-order valence-corrected chi connectivity index (χ1v) is 13.0. The number of nitrogens with one attached hydrogen (secondary N) is 1. The summed E-state index contributed by atoms with van der Waals surface area (Å²) in [6.45, 7) is 4.00. The minimum Gasteiger partial charge on any atom is -0.348 e. The second-order valence-corrected chi connectivity index (χ2v) is 10.9. The molecule has 0 spiro atoms. The summed E-state index contributed by atoms with van der Waals surface area (Å²) in [5.41, 5.74) is 2.63. The number of pyridine rings is 1. The highest BCUT2D eigenvalue weighted by atomic mass is 35.5. The van der Waals surface area contributed by atoms with Gasteiger partial charge in [0.2, 0.25) is 5.91 Å². The van der Waals surface area contributed by atoms with Crippen molar-refractivity contribution in [3.05, 3.63) is 69.4 Å². The molecule has 1 aliphatic heterocycles. The summed E-state index contributed by atoms with van der Waals surface area (Å²) in [7, 11) is 0. The van der Waals surface area contributed by atoms with Gasteiger partial charge in [-0.25, -0.2) is 14.1 Å². The molecule has 1 aromatic carbocycles. The maximum absolute atomic E-state index is 15.3. The van der Waals surface area contributed by atoms with E-state index in [1.807, 2.05) is 13.0 Å². The lowest BCUT2D eigenvalue weighted by atomic mass is 9.74. The number of hydrogen-bond acceptors (Lipinski definition) is 6. The number of carbonyl (C=O) groups is 2. The van der Waals surface area contributed by atoms with Gasteiger partial charge in [0.05, 0.1) is 23.9 Å². The molecule has 1 N–H and O–H groups in total. The number of nitriles is 1. The maximum atomic E-state index is 15.3. The van der Waals surface area contributed by atoms with E-state index in [-0.39, 0.29) is 41.2 Å². The van der Waals surface area contributed by atoms with E-state index < -0.39 is 11.9 Å². The summed E-state index contributed by atoms with van der Waals surface area (Å²) in [5.74, 6) is -0.342. The van der Waals surface area contributed by atoms with E-state index in [9.17, 15) is 14.9 Å². The molecule has 3 heterocycles. The van der Waals surface area contributed by atoms with Gasteiger partial charge < -0.3 is 5.32 Å². The first-order chi connectivity index (χ1) is 18.2. The Morgan fingerprint density at radius 1 is 1.32 bits per heavy atom. The molecule has 3 atom stereocenters. The van der Waals surface area contributed by atoms with Crippen molar-refractivity contribution in [2.75, 3.05) is 11.4 Å². The van der Waals surface area contributed by atoms with E-state index in [2.05, 4.69) is 26.7 Å². The van der Waals surface area contributed by atoms with Crippen molar-refractivity contribution in [2.45, 2.75) is 51.1 Å². The molecule has 0 radical (unpaired) electrons. The lowest BCUT2D eigenvalue weighted by Crippen LogP contribution is -2.43. The molecule has 38 heavy (non-hydrogen) atoms. The van der Waals surface area contributed by atoms with Crippen molar-refractivity contribution >= 4 is 29.2 Å². The van der Waals surface area contributed by atoms with Crippen LogP contribution in [0.2, 0.25) is 5.02 Å². The van der Waals surface area contributed by atoms with Crippen LogP contribution in [-0.4, -0.2) is 44.4 Å². The minimum atomic E-state index is -0.513. The zero-order chi connectivity index (χ0) is 26.7. The van der Waals surface area contributed by atoms with Gasteiger partial charge in [-0.05, 0) is 74.3 Å². The van der Waals surface area contributed by atoms with Crippen molar-refractivity contribution in [3.63, 3.8) is 0 Å². The number of halogens is 2. The SMILES string of the molecule is Cc1c(C(C)n2cc(C(=O)N[C@H]3C[C@@H](c4cc(Cl)ccc4C#N)C3)nn2)cnc(N2C[C@H]3C[C@H]3C2=O)c1F. The Labute approximate surface area is 223 Å². The maximum Gasteiger partial charge on any atom is 0.273 e. The lowest BCUT2D eigenvalue weighted by Gasteiger charge is -2.36. The number of benzene rings is 1. The standard InChI is InChI=1S/C27H25ClFN7O2/c1-13-22(10-31-25(24(13)29)35-11-17-7-21(17)27(35)38)14(2)36-12-23(33-34-36)26(37)32-19-5-16(6-19)20-8-18(28)4-3-15(20)9-30/h3-4,8,10,12,14,16-17,19,21H,5-7,11H2,1-2H3,(H,32,37)/t14?,16-,17-,19+,21-/m1/s1. The van der Waals surface area contributed by atoms with E-state index in [4.69, 9.17) is 11.6 Å². The summed E-state index contributed by atoms with van der Waals surface area (Å²) in [6.07, 6.45) is 5.38. The number of rotatable bonds is 6. The van der Waals surface area contributed by atoms with Gasteiger partial charge >= 0.3 is 0 Å². The number of carbonyl (C=O) groups excluding carboxylic acids is 2. The van der Waals surface area contributed by atoms with Crippen molar-refractivity contribution in [3.8, 4) is 6.07 Å². The Morgan fingerprint density at radius 2 is 2.11 bits per heavy atom. The molecule has 2 aliphatic carbocycles. The van der Waals surface area contributed by atoms with Gasteiger partial charge in [-0.1, -0.05) is 16.8 Å². The number of fused-ring (bicyclic) bond motifs is 1. The number of amides is 2. The lowest BCUT2D eigenvalue weighted by molar-refractivity contribution is -0.118. The summed E-state index contributed by atoms with van der Waals surface area (Å²) in [5, 5.41) is 21.0. The molecule has 3 aromatic rings. The summed E-state index contributed by atoms with van der Waals surface area (Å²) in [6, 6.07) is 6.95. The molecule has 3 fully saturated rings. The third-order valence-corrected chi connectivity index (χ3v) is 8.34. The summed E-state index contributed by atoms with van der Waals surface area (Å²) in [4.78, 5) is 30.9. The van der Waals surface area contributed by atoms with Crippen LogP contribution < -0.4 is 10.2 Å². The molecule has 11 heteroatoms. The third kappa shape index (κ3) is 4.11. The van der Waals surface area contributed by atoms with Crippen LogP contribution in [-0.2, 0) is 4.79 Å². The van der Waals surface area contributed by atoms with Gasteiger partial charge in [0.15, 0.2) is 17.3 Å². The Hall–Kier alpha value is -3.84. The number of nitrogens with zero attached hydrogens (tertiary/aromatic N) is 6. The van der Waals surface area contributed by atoms with Crippen LogP contribution in [0.25, 0.3) is 0 Å². The topological polar surface area (TPSA) is 117 Å². The van der Waals surface area contributed by atoms with Gasteiger partial charge in [0, 0.05) is 35.3 Å². The molecule has 9 nitrogen and oxygen atoms in total. The molecular weight excluding hydrogens is 509 g/mol. The number of hydrogen-bond donors (Lipinski definition) is 1. The highest BCUT2D eigenvalue weighted by molar-refractivity contribution is 6.30. The van der Waals surface area contributed by atoms with Gasteiger partial charge in [0.1, 0.15) is 0 Å². The van der Waals surface area contributed by atoms with Gasteiger partial charge in [0.25, 0.3) is 5.91 Å². The predicted octanol–water partition coefficient (Wildman–Crippen LogP) is 3.91. The van der Waals surface area contributed by atoms with Gasteiger partial charge in [-0.2, -0.15) is 5.26 Å². The highest BCUT2D eigenvalue weighted by Gasteiger charge is 2.53. The predicted molar refractivity (Wildman–Crippen MR) is 136 cm³/mol. The van der Waals surface area contributed by atoms with Gasteiger partial charge in [-0.3, -0.25) is 14.5 Å². The monoisotopic (exact) mass is 533 g/mol. The first kappa shape index (κ1) is 24.5. The number of piperidine rings is 1. The average molecular weight is 534 g/mol. The van der Waals surface area contributed by atoms with E-state index >= 15 is 4.39 Å². The van der Waals surface area contributed by atoms with Crippen LogP contribution in [0.4, 0.5) is 10.2 Å². The fraction of sp³-hybridized carbons (Fsp3) is 0.407. The Kier molecular flexibility index (Phi) is 5.91. The largest absolute Gasteiger partial charge is 0.348 e. The fourth-order valence-electron chi connectivity index (χ4n) is 5.59. The third-order valence-electron chi connectivity index (χ3n) is 8.10. The van der Waals surface area contributed by atoms with Gasteiger partial charge in [-0.15, -0.1) is 5.10 Å².